The molecule has 118 valence electrons. The summed E-state index contributed by atoms with van der Waals surface area (Å²) in [5.74, 6) is -0.138. The van der Waals surface area contributed by atoms with E-state index in [2.05, 4.69) is 25.7 Å². The molecule has 1 aliphatic carbocycles. The van der Waals surface area contributed by atoms with E-state index >= 15 is 0 Å². The predicted molar refractivity (Wildman–Crippen MR) is 80.6 cm³/mol. The molecule has 0 aliphatic heterocycles. The lowest BCUT2D eigenvalue weighted by Gasteiger charge is -2.32. The van der Waals surface area contributed by atoms with Gasteiger partial charge in [0.15, 0.2) is 0 Å². The van der Waals surface area contributed by atoms with Crippen molar-refractivity contribution in [3.63, 3.8) is 0 Å². The van der Waals surface area contributed by atoms with Gasteiger partial charge >= 0.3 is 0 Å². The first-order chi connectivity index (χ1) is 10.3. The third kappa shape index (κ3) is 3.42. The van der Waals surface area contributed by atoms with Crippen LogP contribution in [0.4, 0.5) is 10.1 Å². The molecule has 22 heavy (non-hydrogen) atoms. The first kappa shape index (κ1) is 16.4. The minimum absolute atomic E-state index is 0.235. The molecule has 5 nitrogen and oxygen atoms in total. The van der Waals surface area contributed by atoms with Crippen molar-refractivity contribution in [2.45, 2.75) is 52.2 Å². The van der Waals surface area contributed by atoms with Crippen LogP contribution in [0.3, 0.4) is 0 Å². The zero-order chi connectivity index (χ0) is 16.4. The number of nitriles is 1. The van der Waals surface area contributed by atoms with Gasteiger partial charge in [-0.05, 0) is 31.7 Å². The van der Waals surface area contributed by atoms with Crippen LogP contribution >= 0.6 is 0 Å². The highest BCUT2D eigenvalue weighted by molar-refractivity contribution is 5.51. The fourth-order valence-corrected chi connectivity index (χ4v) is 2.56. The van der Waals surface area contributed by atoms with E-state index in [4.69, 9.17) is 5.26 Å². The van der Waals surface area contributed by atoms with E-state index in [0.717, 1.165) is 18.9 Å². The van der Waals surface area contributed by atoms with Crippen LogP contribution in [0.15, 0.2) is 12.1 Å². The minimum atomic E-state index is -0.630. The Morgan fingerprint density at radius 1 is 1.45 bits per heavy atom. The van der Waals surface area contributed by atoms with Gasteiger partial charge in [0.05, 0.1) is 4.92 Å². The number of nitrogens with zero attached hydrogens (tertiary/aromatic N) is 3. The quantitative estimate of drug-likeness (QED) is 0.594. The molecule has 1 saturated carbocycles. The van der Waals surface area contributed by atoms with E-state index in [0.29, 0.717) is 18.5 Å². The fraction of sp³-hybridized carbons (Fsp3) is 0.562. The summed E-state index contributed by atoms with van der Waals surface area (Å²) in [6, 6.07) is 4.54. The Bertz CT molecular complexity index is 621. The smallest absolute Gasteiger partial charge is 0.287 e. The van der Waals surface area contributed by atoms with Crippen molar-refractivity contribution in [3.05, 3.63) is 39.2 Å². The summed E-state index contributed by atoms with van der Waals surface area (Å²) in [5.41, 5.74) is -0.280. The lowest BCUT2D eigenvalue weighted by Crippen LogP contribution is -2.38. The van der Waals surface area contributed by atoms with Crippen molar-refractivity contribution >= 4 is 5.69 Å². The van der Waals surface area contributed by atoms with Crippen LogP contribution in [0.25, 0.3) is 0 Å². The second-order valence-electron chi connectivity index (χ2n) is 6.22. The van der Waals surface area contributed by atoms with Crippen molar-refractivity contribution in [1.82, 2.24) is 4.90 Å². The molecular formula is C16H20FN3O2. The molecule has 0 unspecified atom stereocenters. The highest BCUT2D eigenvalue weighted by atomic mass is 19.1. The van der Waals surface area contributed by atoms with Gasteiger partial charge in [0.25, 0.3) is 5.69 Å². The van der Waals surface area contributed by atoms with E-state index in [-0.39, 0.29) is 22.9 Å². The van der Waals surface area contributed by atoms with E-state index in [1.165, 1.54) is 6.07 Å². The van der Waals surface area contributed by atoms with Gasteiger partial charge in [0.1, 0.15) is 17.4 Å². The van der Waals surface area contributed by atoms with Gasteiger partial charge in [-0.15, -0.1) is 0 Å². The highest BCUT2D eigenvalue weighted by Gasteiger charge is 2.34. The number of hydrogen-bond donors (Lipinski definition) is 0. The maximum atomic E-state index is 14.2. The van der Waals surface area contributed by atoms with Gasteiger partial charge in [0.2, 0.25) is 0 Å². The molecule has 0 N–H and O–H groups in total. The number of hydrogen-bond acceptors (Lipinski definition) is 4. The van der Waals surface area contributed by atoms with E-state index in [9.17, 15) is 14.5 Å². The molecule has 0 saturated heterocycles. The van der Waals surface area contributed by atoms with Crippen molar-refractivity contribution in [1.29, 1.82) is 5.26 Å². The Hall–Kier alpha value is -2.00. The van der Waals surface area contributed by atoms with Crippen molar-refractivity contribution in [2.24, 2.45) is 5.92 Å². The molecule has 0 amide bonds. The van der Waals surface area contributed by atoms with Crippen LogP contribution in [0, 0.1) is 33.2 Å². The number of nitro benzene ring substituents is 1. The van der Waals surface area contributed by atoms with E-state index < -0.39 is 10.7 Å². The second kappa shape index (κ2) is 6.41. The average Bonchev–Trinajstić information content (AvgIpc) is 3.28. The van der Waals surface area contributed by atoms with Gasteiger partial charge in [0, 0.05) is 30.3 Å². The molecule has 1 aromatic rings. The average molecular weight is 305 g/mol. The SMILES string of the molecule is CC(C)[C@H](C)N(Cc1cc([N+](=O)[O-])c(C#N)cc1F)C1CC1. The monoisotopic (exact) mass is 305 g/mol. The van der Waals surface area contributed by atoms with Gasteiger partial charge in [-0.25, -0.2) is 4.39 Å². The summed E-state index contributed by atoms with van der Waals surface area (Å²) in [4.78, 5) is 12.6. The maximum Gasteiger partial charge on any atom is 0.287 e. The fourth-order valence-electron chi connectivity index (χ4n) is 2.56. The molecule has 0 heterocycles. The third-order valence-electron chi connectivity index (χ3n) is 4.34. The van der Waals surface area contributed by atoms with E-state index in [1.807, 2.05) is 0 Å². The molecule has 1 aromatic carbocycles. The van der Waals surface area contributed by atoms with Crippen molar-refractivity contribution < 1.29 is 9.31 Å². The van der Waals surface area contributed by atoms with Crippen LogP contribution < -0.4 is 0 Å². The molecule has 0 aromatic heterocycles. The summed E-state index contributed by atoms with van der Waals surface area (Å²) in [6.45, 7) is 6.65. The number of halogens is 1. The Morgan fingerprint density at radius 2 is 2.09 bits per heavy atom. The molecule has 1 fully saturated rings. The molecule has 0 bridgehead atoms. The standard InChI is InChI=1S/C16H20FN3O2/c1-10(2)11(3)19(14-4-5-14)9-13-7-16(20(21)22)12(8-18)6-15(13)17/h6-7,10-11,14H,4-5,9H2,1-3H3/t11-/m0/s1. The van der Waals surface area contributed by atoms with Gasteiger partial charge in [-0.2, -0.15) is 5.26 Å². The minimum Gasteiger partial charge on any atom is -0.293 e. The maximum absolute atomic E-state index is 14.2. The van der Waals surface area contributed by atoms with Crippen LogP contribution in [-0.4, -0.2) is 21.9 Å². The third-order valence-corrected chi connectivity index (χ3v) is 4.34. The summed E-state index contributed by atoms with van der Waals surface area (Å²) >= 11 is 0. The number of benzene rings is 1. The normalized spacial score (nSPS) is 15.9. The lowest BCUT2D eigenvalue weighted by molar-refractivity contribution is -0.385. The van der Waals surface area contributed by atoms with Crippen molar-refractivity contribution in [2.75, 3.05) is 0 Å². The Balaban J connectivity index is 2.33. The largest absolute Gasteiger partial charge is 0.293 e. The Kier molecular flexibility index (Phi) is 4.77. The first-order valence-electron chi connectivity index (χ1n) is 7.47. The molecule has 6 heteroatoms. The van der Waals surface area contributed by atoms with Gasteiger partial charge in [-0.3, -0.25) is 15.0 Å². The van der Waals surface area contributed by atoms with Crippen LogP contribution in [0.2, 0.25) is 0 Å². The molecule has 2 rings (SSSR count). The lowest BCUT2D eigenvalue weighted by atomic mass is 10.0. The topological polar surface area (TPSA) is 70.2 Å². The molecule has 1 atom stereocenters. The molecule has 1 aliphatic rings. The number of nitro groups is 1. The predicted octanol–water partition coefficient (Wildman–Crippen LogP) is 3.61. The molecule has 0 spiro atoms. The first-order valence-corrected chi connectivity index (χ1v) is 7.47. The molecular weight excluding hydrogens is 285 g/mol. The van der Waals surface area contributed by atoms with E-state index in [1.54, 1.807) is 6.07 Å². The molecule has 0 radical (unpaired) electrons. The van der Waals surface area contributed by atoms with Crippen LogP contribution in [0.1, 0.15) is 44.7 Å². The second-order valence-corrected chi connectivity index (χ2v) is 6.22. The highest BCUT2D eigenvalue weighted by Crippen LogP contribution is 2.33. The Morgan fingerprint density at radius 3 is 2.55 bits per heavy atom. The Labute approximate surface area is 129 Å². The summed E-state index contributed by atoms with van der Waals surface area (Å²) in [7, 11) is 0. The van der Waals surface area contributed by atoms with Crippen LogP contribution in [0.5, 0.6) is 0 Å². The van der Waals surface area contributed by atoms with Gasteiger partial charge in [-0.1, -0.05) is 13.8 Å². The zero-order valence-electron chi connectivity index (χ0n) is 13.0. The number of rotatable bonds is 6. The van der Waals surface area contributed by atoms with Gasteiger partial charge < -0.3 is 0 Å². The summed E-state index contributed by atoms with van der Waals surface area (Å²) in [6.07, 6.45) is 2.16. The van der Waals surface area contributed by atoms with Crippen LogP contribution in [-0.2, 0) is 6.54 Å². The zero-order valence-corrected chi connectivity index (χ0v) is 13.0. The summed E-state index contributed by atoms with van der Waals surface area (Å²) < 4.78 is 14.2. The summed E-state index contributed by atoms with van der Waals surface area (Å²) in [5, 5.41) is 19.9. The van der Waals surface area contributed by atoms with Crippen molar-refractivity contribution in [3.8, 4) is 6.07 Å².